The number of carbonyl (C=O) groups is 1. The molecule has 1 aromatic rings. The number of piperidine rings is 1. The number of hydrogen-bond acceptors (Lipinski definition) is 5. The van der Waals surface area contributed by atoms with Crippen LogP contribution in [0.15, 0.2) is 0 Å². The van der Waals surface area contributed by atoms with Gasteiger partial charge >= 0.3 is 6.18 Å². The maximum absolute atomic E-state index is 12.3. The monoisotopic (exact) mass is 332 g/mol. The van der Waals surface area contributed by atoms with E-state index in [2.05, 4.69) is 9.69 Å². The average molecular weight is 332 g/mol. The fourth-order valence-electron chi connectivity index (χ4n) is 2.41. The number of nitrogens with zero attached hydrogens (tertiary/aromatic N) is 3. The van der Waals surface area contributed by atoms with Gasteiger partial charge in [0, 0.05) is 5.92 Å². The van der Waals surface area contributed by atoms with E-state index in [-0.39, 0.29) is 24.9 Å². The highest BCUT2D eigenvalue weighted by Crippen LogP contribution is 2.27. The Balaban J connectivity index is 1.89. The van der Waals surface area contributed by atoms with Gasteiger partial charge in [-0.1, -0.05) is 0 Å². The predicted molar refractivity (Wildman–Crippen MR) is 75.4 cm³/mol. The molecule has 1 N–H and O–H groups in total. The molecule has 1 amide bonds. The number of nitriles is 1. The normalized spacial score (nSPS) is 17.2. The van der Waals surface area contributed by atoms with Crippen LogP contribution in [0.1, 0.15) is 24.1 Å². The topological polar surface area (TPSA) is 69.0 Å². The van der Waals surface area contributed by atoms with E-state index >= 15 is 0 Å². The third kappa shape index (κ3) is 4.18. The van der Waals surface area contributed by atoms with Crippen molar-refractivity contribution in [2.24, 2.45) is 5.92 Å². The molecule has 1 fully saturated rings. The number of nitrogens with one attached hydrogen (secondary N) is 1. The molecule has 2 rings (SSSR count). The zero-order valence-corrected chi connectivity index (χ0v) is 12.7. The minimum absolute atomic E-state index is 0.240. The van der Waals surface area contributed by atoms with Crippen LogP contribution in [0.5, 0.6) is 0 Å². The van der Waals surface area contributed by atoms with Crippen molar-refractivity contribution in [2.45, 2.75) is 25.9 Å². The van der Waals surface area contributed by atoms with E-state index in [0.717, 1.165) is 11.5 Å². The number of likely N-dealkylation sites (tertiary alicyclic amines) is 1. The number of anilines is 1. The zero-order valence-electron chi connectivity index (χ0n) is 11.9. The van der Waals surface area contributed by atoms with Crippen LogP contribution in [0.2, 0.25) is 0 Å². The number of hydrogen-bond donors (Lipinski definition) is 1. The van der Waals surface area contributed by atoms with Gasteiger partial charge in [-0.2, -0.15) is 22.8 Å². The Morgan fingerprint density at radius 1 is 1.50 bits per heavy atom. The molecular weight excluding hydrogens is 317 g/mol. The van der Waals surface area contributed by atoms with Crippen LogP contribution in [-0.4, -0.2) is 41.0 Å². The van der Waals surface area contributed by atoms with Gasteiger partial charge < -0.3 is 5.32 Å². The largest absolute Gasteiger partial charge is 0.401 e. The number of rotatable bonds is 3. The summed E-state index contributed by atoms with van der Waals surface area (Å²) in [7, 11) is 0. The van der Waals surface area contributed by atoms with Crippen LogP contribution in [-0.2, 0) is 4.79 Å². The quantitative estimate of drug-likeness (QED) is 0.923. The van der Waals surface area contributed by atoms with E-state index in [1.165, 1.54) is 4.90 Å². The first-order valence-corrected chi connectivity index (χ1v) is 7.54. The summed E-state index contributed by atoms with van der Waals surface area (Å²) in [5.41, 5.74) is 0.899. The van der Waals surface area contributed by atoms with E-state index in [1.807, 2.05) is 6.07 Å². The molecule has 0 aromatic carbocycles. The second-order valence-electron chi connectivity index (χ2n) is 5.24. The summed E-state index contributed by atoms with van der Waals surface area (Å²) in [4.78, 5) is 13.5. The van der Waals surface area contributed by atoms with Crippen LogP contribution in [0.25, 0.3) is 0 Å². The number of amides is 1. The van der Waals surface area contributed by atoms with Crippen LogP contribution in [0.3, 0.4) is 0 Å². The van der Waals surface area contributed by atoms with E-state index < -0.39 is 12.7 Å². The fraction of sp³-hybridized carbons (Fsp3) is 0.615. The van der Waals surface area contributed by atoms with E-state index in [9.17, 15) is 18.0 Å². The Hall–Kier alpha value is -1.66. The van der Waals surface area contributed by atoms with Crippen LogP contribution in [0.4, 0.5) is 18.2 Å². The summed E-state index contributed by atoms with van der Waals surface area (Å²) >= 11 is 1.04. The summed E-state index contributed by atoms with van der Waals surface area (Å²) in [5, 5.41) is 12.1. The number of carbonyl (C=O) groups excluding carboxylic acids is 1. The second-order valence-corrected chi connectivity index (χ2v) is 6.01. The van der Waals surface area contributed by atoms with Gasteiger partial charge in [0.2, 0.25) is 5.91 Å². The van der Waals surface area contributed by atoms with Crippen molar-refractivity contribution in [3.63, 3.8) is 0 Å². The first-order chi connectivity index (χ1) is 10.3. The zero-order chi connectivity index (χ0) is 16.3. The van der Waals surface area contributed by atoms with Gasteiger partial charge in [0.25, 0.3) is 0 Å². The molecular formula is C13H15F3N4OS. The Morgan fingerprint density at radius 2 is 2.14 bits per heavy atom. The Labute approximate surface area is 129 Å². The third-order valence-electron chi connectivity index (χ3n) is 3.57. The molecule has 1 saturated heterocycles. The molecule has 1 aliphatic rings. The smallest absolute Gasteiger partial charge is 0.315 e. The molecule has 22 heavy (non-hydrogen) atoms. The fourth-order valence-corrected chi connectivity index (χ4v) is 3.16. The molecule has 2 heterocycles. The number of aromatic nitrogens is 1. The van der Waals surface area contributed by atoms with Crippen molar-refractivity contribution in [1.82, 2.24) is 9.27 Å². The second kappa shape index (κ2) is 6.62. The van der Waals surface area contributed by atoms with Crippen molar-refractivity contribution in [3.8, 4) is 6.07 Å². The highest BCUT2D eigenvalue weighted by molar-refractivity contribution is 7.10. The van der Waals surface area contributed by atoms with Crippen molar-refractivity contribution in [3.05, 3.63) is 11.3 Å². The van der Waals surface area contributed by atoms with Gasteiger partial charge in [-0.15, -0.1) is 0 Å². The maximum Gasteiger partial charge on any atom is 0.401 e. The van der Waals surface area contributed by atoms with E-state index in [4.69, 9.17) is 5.26 Å². The summed E-state index contributed by atoms with van der Waals surface area (Å²) in [6, 6.07) is 1.98. The van der Waals surface area contributed by atoms with Gasteiger partial charge in [0.05, 0.1) is 12.2 Å². The first kappa shape index (κ1) is 16.7. The van der Waals surface area contributed by atoms with E-state index in [1.54, 1.807) is 6.92 Å². The molecule has 0 saturated carbocycles. The molecule has 0 atom stereocenters. The third-order valence-corrected chi connectivity index (χ3v) is 4.43. The Morgan fingerprint density at radius 3 is 2.68 bits per heavy atom. The van der Waals surface area contributed by atoms with Crippen molar-refractivity contribution in [1.29, 1.82) is 5.26 Å². The van der Waals surface area contributed by atoms with Crippen LogP contribution < -0.4 is 5.32 Å². The van der Waals surface area contributed by atoms with Crippen molar-refractivity contribution < 1.29 is 18.0 Å². The maximum atomic E-state index is 12.3. The highest BCUT2D eigenvalue weighted by atomic mass is 32.1. The van der Waals surface area contributed by atoms with Crippen LogP contribution >= 0.6 is 11.5 Å². The van der Waals surface area contributed by atoms with Gasteiger partial charge in [0.1, 0.15) is 16.6 Å². The molecule has 0 unspecified atom stereocenters. The number of aryl methyl sites for hydroxylation is 1. The lowest BCUT2D eigenvalue weighted by atomic mass is 9.96. The van der Waals surface area contributed by atoms with Gasteiger partial charge in [0.15, 0.2) is 0 Å². The molecule has 1 aliphatic heterocycles. The van der Waals surface area contributed by atoms with E-state index in [0.29, 0.717) is 29.1 Å². The first-order valence-electron chi connectivity index (χ1n) is 6.76. The lowest BCUT2D eigenvalue weighted by molar-refractivity contribution is -0.149. The molecule has 1 aromatic heterocycles. The van der Waals surface area contributed by atoms with Gasteiger partial charge in [-0.25, -0.2) is 0 Å². The van der Waals surface area contributed by atoms with Gasteiger partial charge in [-0.05, 0) is 44.4 Å². The minimum atomic E-state index is -4.21. The Kier molecular flexibility index (Phi) is 5.03. The summed E-state index contributed by atoms with van der Waals surface area (Å²) in [6.07, 6.45) is -3.46. The SMILES string of the molecule is Cc1nsc(NC(=O)C2CCN(CC(F)(F)F)CC2)c1C#N. The molecule has 0 bridgehead atoms. The molecule has 0 radical (unpaired) electrons. The molecule has 9 heteroatoms. The lowest BCUT2D eigenvalue weighted by Crippen LogP contribution is -2.42. The standard InChI is InChI=1S/C13H15F3N4OS/c1-8-10(6-17)12(22-19-8)18-11(21)9-2-4-20(5-3-9)7-13(14,15)16/h9H,2-5,7H2,1H3,(H,18,21). The molecule has 120 valence electrons. The van der Waals surface area contributed by atoms with Crippen LogP contribution in [0, 0.1) is 24.2 Å². The lowest BCUT2D eigenvalue weighted by Gasteiger charge is -2.31. The number of halogens is 3. The van der Waals surface area contributed by atoms with Crippen molar-refractivity contribution in [2.75, 3.05) is 25.0 Å². The van der Waals surface area contributed by atoms with Gasteiger partial charge in [-0.3, -0.25) is 9.69 Å². The number of alkyl halides is 3. The average Bonchev–Trinajstić information content (AvgIpc) is 2.78. The molecule has 0 spiro atoms. The molecule has 0 aliphatic carbocycles. The molecule has 5 nitrogen and oxygen atoms in total. The minimum Gasteiger partial charge on any atom is -0.315 e. The summed E-state index contributed by atoms with van der Waals surface area (Å²) in [6.45, 7) is 1.23. The van der Waals surface area contributed by atoms with Crippen molar-refractivity contribution >= 4 is 22.4 Å². The summed E-state index contributed by atoms with van der Waals surface area (Å²) in [5.74, 6) is -0.592. The predicted octanol–water partition coefficient (Wildman–Crippen LogP) is 2.54. The summed E-state index contributed by atoms with van der Waals surface area (Å²) < 4.78 is 40.9. The highest BCUT2D eigenvalue weighted by Gasteiger charge is 2.34. The Bertz CT molecular complexity index is 585.